The highest BCUT2D eigenvalue weighted by molar-refractivity contribution is 5.73. The fraction of sp³-hybridized carbons (Fsp3) is 0.952. The second kappa shape index (κ2) is 9.79. The lowest BCUT2D eigenvalue weighted by molar-refractivity contribution is -0.204. The molecular weight excluding hydrogens is 300 g/mol. The van der Waals surface area contributed by atoms with Crippen LogP contribution in [0.3, 0.4) is 0 Å². The lowest BCUT2D eigenvalue weighted by Crippen LogP contribution is -2.36. The summed E-state index contributed by atoms with van der Waals surface area (Å²) in [6.45, 7) is 15.0. The quantitative estimate of drug-likeness (QED) is 0.404. The molecule has 142 valence electrons. The molecule has 0 aromatic heterocycles. The van der Waals surface area contributed by atoms with Crippen molar-refractivity contribution >= 4 is 5.97 Å². The first-order valence-corrected chi connectivity index (χ1v) is 9.95. The Morgan fingerprint density at radius 2 is 1.50 bits per heavy atom. The summed E-state index contributed by atoms with van der Waals surface area (Å²) in [6, 6.07) is 0. The van der Waals surface area contributed by atoms with E-state index in [9.17, 15) is 4.79 Å². The molecule has 0 spiro atoms. The van der Waals surface area contributed by atoms with Gasteiger partial charge in [-0.25, -0.2) is 0 Å². The number of carbonyl (C=O) groups excluding carboxylic acids is 1. The smallest absolute Gasteiger partial charge is 0.311 e. The lowest BCUT2D eigenvalue weighted by atomic mass is 9.76. The molecule has 0 bridgehead atoms. The molecule has 0 aliphatic heterocycles. The molecule has 0 amide bonds. The Kier molecular flexibility index (Phi) is 8.76. The third-order valence-corrected chi connectivity index (χ3v) is 4.84. The van der Waals surface area contributed by atoms with Crippen molar-refractivity contribution in [2.75, 3.05) is 0 Å². The minimum Gasteiger partial charge on any atom is -0.436 e. The maximum Gasteiger partial charge on any atom is 0.311 e. The van der Waals surface area contributed by atoms with Crippen LogP contribution in [-0.2, 0) is 14.3 Å². The molecule has 0 N–H and O–H groups in total. The van der Waals surface area contributed by atoms with Gasteiger partial charge in [0.15, 0.2) is 0 Å². The van der Waals surface area contributed by atoms with Crippen molar-refractivity contribution in [1.29, 1.82) is 0 Å². The fourth-order valence-electron chi connectivity index (χ4n) is 3.42. The SMILES string of the molecule is CC(C)CC(OC(=O)C(CC(C)C)C(C)(C)C)OC1CCCCC1. The predicted molar refractivity (Wildman–Crippen MR) is 99.7 cm³/mol. The van der Waals surface area contributed by atoms with Gasteiger partial charge in [0.2, 0.25) is 6.29 Å². The van der Waals surface area contributed by atoms with Gasteiger partial charge >= 0.3 is 5.97 Å². The molecule has 2 unspecified atom stereocenters. The van der Waals surface area contributed by atoms with Gasteiger partial charge in [-0.15, -0.1) is 0 Å². The first-order valence-electron chi connectivity index (χ1n) is 9.95. The van der Waals surface area contributed by atoms with Crippen LogP contribution in [0.1, 0.15) is 93.4 Å². The Labute approximate surface area is 149 Å². The van der Waals surface area contributed by atoms with Crippen LogP contribution in [0.2, 0.25) is 0 Å². The number of esters is 1. The third-order valence-electron chi connectivity index (χ3n) is 4.84. The van der Waals surface area contributed by atoms with E-state index in [4.69, 9.17) is 9.47 Å². The van der Waals surface area contributed by atoms with Gasteiger partial charge in [0.05, 0.1) is 12.0 Å². The number of hydrogen-bond donors (Lipinski definition) is 0. The largest absolute Gasteiger partial charge is 0.436 e. The summed E-state index contributed by atoms with van der Waals surface area (Å²) in [5.41, 5.74) is -0.0887. The first kappa shape index (κ1) is 21.5. The van der Waals surface area contributed by atoms with Gasteiger partial charge in [-0.05, 0) is 36.5 Å². The minimum absolute atomic E-state index is 0.0814. The lowest BCUT2D eigenvalue weighted by Gasteiger charge is -2.33. The fourth-order valence-corrected chi connectivity index (χ4v) is 3.42. The Morgan fingerprint density at radius 3 is 1.96 bits per heavy atom. The maximum absolute atomic E-state index is 12.9. The van der Waals surface area contributed by atoms with E-state index in [-0.39, 0.29) is 23.4 Å². The van der Waals surface area contributed by atoms with Crippen molar-refractivity contribution in [2.24, 2.45) is 23.2 Å². The molecule has 3 heteroatoms. The summed E-state index contributed by atoms with van der Waals surface area (Å²) in [5, 5.41) is 0. The third kappa shape index (κ3) is 8.00. The van der Waals surface area contributed by atoms with E-state index in [1.807, 2.05) is 0 Å². The van der Waals surface area contributed by atoms with E-state index in [1.54, 1.807) is 0 Å². The van der Waals surface area contributed by atoms with Gasteiger partial charge in [0.25, 0.3) is 0 Å². The van der Waals surface area contributed by atoms with Gasteiger partial charge in [0.1, 0.15) is 0 Å². The van der Waals surface area contributed by atoms with Crippen LogP contribution >= 0.6 is 0 Å². The monoisotopic (exact) mass is 340 g/mol. The Bertz CT molecular complexity index is 362. The number of ether oxygens (including phenoxy) is 2. The van der Waals surface area contributed by atoms with Crippen LogP contribution in [0.4, 0.5) is 0 Å². The van der Waals surface area contributed by atoms with Crippen LogP contribution in [0.5, 0.6) is 0 Å². The predicted octanol–water partition coefficient (Wildman–Crippen LogP) is 5.96. The van der Waals surface area contributed by atoms with E-state index in [0.29, 0.717) is 11.8 Å². The standard InChI is InChI=1S/C21H40O3/c1-15(2)13-18(21(5,6)7)20(22)24-19(14-16(3)4)23-17-11-9-8-10-12-17/h15-19H,8-14H2,1-7H3. The second-order valence-electron chi connectivity index (χ2n) is 9.44. The van der Waals surface area contributed by atoms with Gasteiger partial charge < -0.3 is 9.47 Å². The highest BCUT2D eigenvalue weighted by atomic mass is 16.7. The molecular formula is C21H40O3. The first-order chi connectivity index (χ1) is 11.1. The molecule has 1 saturated carbocycles. The average molecular weight is 341 g/mol. The van der Waals surface area contributed by atoms with Crippen LogP contribution in [-0.4, -0.2) is 18.4 Å². The molecule has 0 saturated heterocycles. The van der Waals surface area contributed by atoms with Crippen LogP contribution in [0, 0.1) is 23.2 Å². The van der Waals surface area contributed by atoms with Crippen molar-refractivity contribution < 1.29 is 14.3 Å². The molecule has 1 aliphatic carbocycles. The van der Waals surface area contributed by atoms with Gasteiger partial charge in [-0.2, -0.15) is 0 Å². The molecule has 2 atom stereocenters. The normalized spacial score (nSPS) is 19.5. The Hall–Kier alpha value is -0.570. The van der Waals surface area contributed by atoms with E-state index < -0.39 is 6.29 Å². The number of hydrogen-bond acceptors (Lipinski definition) is 3. The highest BCUT2D eigenvalue weighted by Gasteiger charge is 2.35. The summed E-state index contributed by atoms with van der Waals surface area (Å²) in [4.78, 5) is 12.9. The van der Waals surface area contributed by atoms with Crippen molar-refractivity contribution in [2.45, 2.75) is 106 Å². The van der Waals surface area contributed by atoms with E-state index >= 15 is 0 Å². The van der Waals surface area contributed by atoms with Crippen LogP contribution in [0.15, 0.2) is 0 Å². The topological polar surface area (TPSA) is 35.5 Å². The summed E-state index contributed by atoms with van der Waals surface area (Å²) >= 11 is 0. The van der Waals surface area contributed by atoms with Gasteiger partial charge in [0, 0.05) is 6.42 Å². The van der Waals surface area contributed by atoms with E-state index in [1.165, 1.54) is 19.3 Å². The van der Waals surface area contributed by atoms with Crippen molar-refractivity contribution in [3.05, 3.63) is 0 Å². The second-order valence-corrected chi connectivity index (χ2v) is 9.44. The molecule has 0 radical (unpaired) electrons. The van der Waals surface area contributed by atoms with Crippen molar-refractivity contribution in [3.8, 4) is 0 Å². The molecule has 0 heterocycles. The maximum atomic E-state index is 12.9. The van der Waals surface area contributed by atoms with Gasteiger partial charge in [-0.3, -0.25) is 4.79 Å². The molecule has 1 rings (SSSR count). The number of rotatable bonds is 8. The zero-order chi connectivity index (χ0) is 18.3. The van der Waals surface area contributed by atoms with Gasteiger partial charge in [-0.1, -0.05) is 67.7 Å². The minimum atomic E-state index is -0.391. The Balaban J connectivity index is 2.72. The highest BCUT2D eigenvalue weighted by Crippen LogP contribution is 2.33. The summed E-state index contributed by atoms with van der Waals surface area (Å²) in [5.74, 6) is 0.758. The molecule has 1 fully saturated rings. The molecule has 24 heavy (non-hydrogen) atoms. The van der Waals surface area contributed by atoms with Crippen molar-refractivity contribution in [1.82, 2.24) is 0 Å². The zero-order valence-electron chi connectivity index (χ0n) is 17.1. The van der Waals surface area contributed by atoms with E-state index in [2.05, 4.69) is 48.5 Å². The van der Waals surface area contributed by atoms with Crippen LogP contribution < -0.4 is 0 Å². The average Bonchev–Trinajstić information content (AvgIpc) is 2.43. The van der Waals surface area contributed by atoms with Crippen LogP contribution in [0.25, 0.3) is 0 Å². The summed E-state index contributed by atoms with van der Waals surface area (Å²) < 4.78 is 12.1. The van der Waals surface area contributed by atoms with E-state index in [0.717, 1.165) is 25.7 Å². The molecule has 3 nitrogen and oxygen atoms in total. The van der Waals surface area contributed by atoms with Crippen molar-refractivity contribution in [3.63, 3.8) is 0 Å². The summed E-state index contributed by atoms with van der Waals surface area (Å²) in [6.07, 6.45) is 7.46. The molecule has 0 aromatic rings. The molecule has 1 aliphatic rings. The zero-order valence-corrected chi connectivity index (χ0v) is 17.1. The molecule has 0 aromatic carbocycles. The Morgan fingerprint density at radius 1 is 0.958 bits per heavy atom. The number of carbonyl (C=O) groups is 1. The summed E-state index contributed by atoms with van der Waals surface area (Å²) in [7, 11) is 0.